The summed E-state index contributed by atoms with van der Waals surface area (Å²) in [6.07, 6.45) is 0.733. The highest BCUT2D eigenvalue weighted by Crippen LogP contribution is 2.40. The largest absolute Gasteiger partial charge is 0.472 e. The van der Waals surface area contributed by atoms with E-state index in [1.807, 2.05) is 0 Å². The second-order valence-corrected chi connectivity index (χ2v) is 9.74. The molecular weight excluding hydrogens is 489 g/mol. The number of carbonyl (C=O) groups is 2. The highest BCUT2D eigenvalue weighted by atomic mass is 35.5. The molecule has 0 radical (unpaired) electrons. The minimum Gasteiger partial charge on any atom is -0.472 e. The lowest BCUT2D eigenvalue weighted by Crippen LogP contribution is -2.51. The molecule has 35 heavy (non-hydrogen) atoms. The van der Waals surface area contributed by atoms with Crippen molar-refractivity contribution in [1.29, 1.82) is 0 Å². The van der Waals surface area contributed by atoms with Crippen molar-refractivity contribution in [2.24, 2.45) is 5.41 Å². The first-order chi connectivity index (χ1) is 16.4. The fourth-order valence-corrected chi connectivity index (χ4v) is 4.65. The number of fused-ring (bicyclic) bond motifs is 1. The first-order valence-corrected chi connectivity index (χ1v) is 11.3. The van der Waals surface area contributed by atoms with Crippen molar-refractivity contribution in [3.05, 3.63) is 47.3 Å². The Labute approximate surface area is 203 Å². The van der Waals surface area contributed by atoms with Gasteiger partial charge >= 0.3 is 6.18 Å². The second-order valence-electron chi connectivity index (χ2n) is 9.38. The van der Waals surface area contributed by atoms with E-state index < -0.39 is 48.0 Å². The molecule has 4 rings (SSSR count). The molecule has 12 heteroatoms. The number of aliphatic hydroxyl groups excluding tert-OH is 1. The number of imidazole rings is 1. The minimum atomic E-state index is -4.78. The first kappa shape index (κ1) is 25.1. The third-order valence-electron chi connectivity index (χ3n) is 5.98. The van der Waals surface area contributed by atoms with Crippen molar-refractivity contribution in [3.8, 4) is 11.1 Å². The molecule has 1 aliphatic carbocycles. The molecule has 3 aromatic heterocycles. The molecule has 1 aliphatic rings. The molecule has 3 heterocycles. The van der Waals surface area contributed by atoms with E-state index in [0.717, 1.165) is 28.2 Å². The number of aliphatic hydroxyl groups is 1. The lowest BCUT2D eigenvalue weighted by atomic mass is 9.68. The van der Waals surface area contributed by atoms with Crippen LogP contribution in [0.3, 0.4) is 0 Å². The number of amides is 2. The monoisotopic (exact) mass is 512 g/mol. The van der Waals surface area contributed by atoms with Crippen LogP contribution in [0.15, 0.2) is 35.3 Å². The van der Waals surface area contributed by atoms with Crippen LogP contribution in [0, 0.1) is 5.41 Å². The Morgan fingerprint density at radius 1 is 1.34 bits per heavy atom. The van der Waals surface area contributed by atoms with Crippen molar-refractivity contribution in [3.63, 3.8) is 0 Å². The normalized spacial score (nSPS) is 15.7. The van der Waals surface area contributed by atoms with Crippen molar-refractivity contribution < 1.29 is 32.3 Å². The number of pyridine rings is 1. The minimum absolute atomic E-state index is 0.0157. The molecule has 0 saturated heterocycles. The molecule has 0 atom stereocenters. The Morgan fingerprint density at radius 2 is 2.06 bits per heavy atom. The third kappa shape index (κ3) is 5.15. The van der Waals surface area contributed by atoms with Crippen LogP contribution < -0.4 is 5.32 Å². The van der Waals surface area contributed by atoms with E-state index in [1.54, 1.807) is 0 Å². The summed E-state index contributed by atoms with van der Waals surface area (Å²) >= 11 is 6.33. The zero-order valence-corrected chi connectivity index (χ0v) is 19.8. The molecule has 1 saturated carbocycles. The standard InChI is InChI=1S/C23H24ClF3N4O4/c1-22(2)8-15(9-22)28-17(33)11-30(4-5-32)21(34)18-19(24)31-10-14(13-3-6-35-12-13)7-16(20(31)29-18)23(25,26)27/h3,6-7,10,12,15,32H,4-5,8-9,11H2,1-2H3,(H,28,33). The summed E-state index contributed by atoms with van der Waals surface area (Å²) in [4.78, 5) is 30.6. The van der Waals surface area contributed by atoms with Crippen LogP contribution in [-0.2, 0) is 11.0 Å². The average molecular weight is 513 g/mol. The van der Waals surface area contributed by atoms with Crippen molar-refractivity contribution in [2.75, 3.05) is 19.7 Å². The van der Waals surface area contributed by atoms with Crippen LogP contribution in [0.25, 0.3) is 16.8 Å². The molecule has 0 spiro atoms. The summed E-state index contributed by atoms with van der Waals surface area (Å²) in [5.74, 6) is -1.31. The number of alkyl halides is 3. The third-order valence-corrected chi connectivity index (χ3v) is 6.34. The van der Waals surface area contributed by atoms with Crippen LogP contribution >= 0.6 is 11.6 Å². The van der Waals surface area contributed by atoms with E-state index in [2.05, 4.69) is 24.1 Å². The van der Waals surface area contributed by atoms with Crippen LogP contribution in [0.1, 0.15) is 42.7 Å². The van der Waals surface area contributed by atoms with Gasteiger partial charge in [-0.25, -0.2) is 4.98 Å². The van der Waals surface area contributed by atoms with E-state index in [9.17, 15) is 27.9 Å². The fraction of sp³-hybridized carbons (Fsp3) is 0.435. The Hall–Kier alpha value is -3.05. The number of rotatable bonds is 7. The second kappa shape index (κ2) is 9.19. The van der Waals surface area contributed by atoms with Crippen LogP contribution in [0.4, 0.5) is 13.2 Å². The van der Waals surface area contributed by atoms with E-state index in [-0.39, 0.29) is 28.7 Å². The van der Waals surface area contributed by atoms with Gasteiger partial charge in [0.1, 0.15) is 5.15 Å². The van der Waals surface area contributed by atoms with E-state index in [4.69, 9.17) is 16.0 Å². The van der Waals surface area contributed by atoms with Gasteiger partial charge in [0.25, 0.3) is 5.91 Å². The summed E-state index contributed by atoms with van der Waals surface area (Å²) in [6, 6.07) is 2.37. The van der Waals surface area contributed by atoms with Crippen LogP contribution in [0.2, 0.25) is 5.15 Å². The maximum absolute atomic E-state index is 13.8. The van der Waals surface area contributed by atoms with Crippen molar-refractivity contribution >= 4 is 29.1 Å². The van der Waals surface area contributed by atoms with Crippen molar-refractivity contribution in [2.45, 2.75) is 38.9 Å². The molecule has 2 N–H and O–H groups in total. The van der Waals surface area contributed by atoms with Gasteiger partial charge in [-0.05, 0) is 30.4 Å². The summed E-state index contributed by atoms with van der Waals surface area (Å²) in [5.41, 5.74) is -1.42. The molecule has 0 unspecified atom stereocenters. The van der Waals surface area contributed by atoms with Crippen LogP contribution in [-0.4, -0.2) is 56.9 Å². The van der Waals surface area contributed by atoms with E-state index in [0.29, 0.717) is 5.56 Å². The summed E-state index contributed by atoms with van der Waals surface area (Å²) in [5, 5.41) is 11.9. The summed E-state index contributed by atoms with van der Waals surface area (Å²) < 4.78 is 47.5. The van der Waals surface area contributed by atoms with Gasteiger partial charge in [-0.2, -0.15) is 13.2 Å². The molecule has 1 fully saturated rings. The quantitative estimate of drug-likeness (QED) is 0.498. The molecule has 8 nitrogen and oxygen atoms in total. The van der Waals surface area contributed by atoms with E-state index in [1.165, 1.54) is 24.8 Å². The summed E-state index contributed by atoms with van der Waals surface area (Å²) in [6.45, 7) is 3.08. The number of carbonyl (C=O) groups excluding carboxylic acids is 2. The average Bonchev–Trinajstić information content (AvgIpc) is 3.39. The smallest absolute Gasteiger partial charge is 0.420 e. The van der Waals surface area contributed by atoms with E-state index >= 15 is 0 Å². The Kier molecular flexibility index (Phi) is 6.58. The summed E-state index contributed by atoms with van der Waals surface area (Å²) in [7, 11) is 0. The number of halogens is 4. The number of nitrogens with one attached hydrogen (secondary N) is 1. The fourth-order valence-electron chi connectivity index (χ4n) is 4.39. The molecule has 0 aliphatic heterocycles. The van der Waals surface area contributed by atoms with Crippen molar-refractivity contribution in [1.82, 2.24) is 19.6 Å². The lowest BCUT2D eigenvalue weighted by Gasteiger charge is -2.43. The van der Waals surface area contributed by atoms with Gasteiger partial charge in [0.15, 0.2) is 11.3 Å². The zero-order valence-electron chi connectivity index (χ0n) is 19.0. The number of nitrogens with zero attached hydrogens (tertiary/aromatic N) is 3. The topological polar surface area (TPSA) is 100 Å². The van der Waals surface area contributed by atoms with Gasteiger partial charge in [0, 0.05) is 29.9 Å². The van der Waals surface area contributed by atoms with Gasteiger partial charge in [0.2, 0.25) is 5.91 Å². The van der Waals surface area contributed by atoms with Gasteiger partial charge in [-0.3, -0.25) is 14.0 Å². The molecular formula is C23H24ClF3N4O4. The Balaban J connectivity index is 1.66. The molecule has 0 aromatic carbocycles. The molecule has 188 valence electrons. The predicted molar refractivity (Wildman–Crippen MR) is 121 cm³/mol. The van der Waals surface area contributed by atoms with Crippen LogP contribution in [0.5, 0.6) is 0 Å². The maximum Gasteiger partial charge on any atom is 0.420 e. The highest BCUT2D eigenvalue weighted by molar-refractivity contribution is 6.33. The Morgan fingerprint density at radius 3 is 2.63 bits per heavy atom. The maximum atomic E-state index is 13.8. The number of furan rings is 1. The van der Waals surface area contributed by atoms with Gasteiger partial charge < -0.3 is 19.7 Å². The number of hydrogen-bond acceptors (Lipinski definition) is 5. The number of hydrogen-bond donors (Lipinski definition) is 2. The lowest BCUT2D eigenvalue weighted by molar-refractivity contribution is -0.136. The molecule has 0 bridgehead atoms. The zero-order chi connectivity index (χ0) is 25.5. The number of aromatic nitrogens is 2. The predicted octanol–water partition coefficient (Wildman–Crippen LogP) is 4.01. The molecule has 3 aromatic rings. The van der Waals surface area contributed by atoms with Gasteiger partial charge in [-0.15, -0.1) is 0 Å². The molecule has 2 amide bonds. The van der Waals surface area contributed by atoms with Gasteiger partial charge in [-0.1, -0.05) is 25.4 Å². The first-order valence-electron chi connectivity index (χ1n) is 10.9. The highest BCUT2D eigenvalue weighted by Gasteiger charge is 2.38. The SMILES string of the molecule is CC1(C)CC(NC(=O)CN(CCO)C(=O)c2nc3c(C(F)(F)F)cc(-c4ccoc4)cn3c2Cl)C1. The van der Waals surface area contributed by atoms with Gasteiger partial charge in [0.05, 0.1) is 31.2 Å². The Bertz CT molecular complexity index is 1250.